The van der Waals surface area contributed by atoms with E-state index in [0.29, 0.717) is 19.6 Å². The molecule has 0 fully saturated rings. The van der Waals surface area contributed by atoms with E-state index in [4.69, 9.17) is 4.74 Å². The summed E-state index contributed by atoms with van der Waals surface area (Å²) >= 11 is 0. The van der Waals surface area contributed by atoms with Crippen molar-refractivity contribution in [3.8, 4) is 0 Å². The molecule has 1 rings (SSSR count). The molecule has 1 aromatic heterocycles. The van der Waals surface area contributed by atoms with Gasteiger partial charge in [-0.25, -0.2) is 4.79 Å². The first-order valence-corrected chi connectivity index (χ1v) is 4.42. The van der Waals surface area contributed by atoms with E-state index in [1.807, 2.05) is 0 Å². The molecule has 0 aromatic carbocycles. The highest BCUT2D eigenvalue weighted by molar-refractivity contribution is 4.85. The van der Waals surface area contributed by atoms with Crippen molar-refractivity contribution < 1.29 is 4.74 Å². The van der Waals surface area contributed by atoms with Gasteiger partial charge >= 0.3 is 5.69 Å². The van der Waals surface area contributed by atoms with E-state index < -0.39 is 0 Å². The van der Waals surface area contributed by atoms with Crippen LogP contribution in [0.5, 0.6) is 0 Å². The lowest BCUT2D eigenvalue weighted by molar-refractivity contribution is 0.189. The summed E-state index contributed by atoms with van der Waals surface area (Å²) in [5.74, 6) is 0. The maximum atomic E-state index is 11.5. The van der Waals surface area contributed by atoms with Crippen molar-refractivity contribution in [1.29, 1.82) is 0 Å². The van der Waals surface area contributed by atoms with Crippen molar-refractivity contribution in [2.45, 2.75) is 13.0 Å². The standard InChI is InChI=1S/C9H14N2O3/c1-10-6-4-8(12)11(9(10)13)5-3-7-14-2/h4,6H,3,5,7H2,1-2H3. The quantitative estimate of drug-likeness (QED) is 0.618. The zero-order valence-corrected chi connectivity index (χ0v) is 8.40. The molecule has 78 valence electrons. The fourth-order valence-electron chi connectivity index (χ4n) is 1.19. The molecule has 1 aromatic rings. The highest BCUT2D eigenvalue weighted by atomic mass is 16.5. The molecule has 0 aliphatic carbocycles. The summed E-state index contributed by atoms with van der Waals surface area (Å²) in [5.41, 5.74) is -0.544. The minimum Gasteiger partial charge on any atom is -0.385 e. The number of methoxy groups -OCH3 is 1. The van der Waals surface area contributed by atoms with Crippen LogP contribution >= 0.6 is 0 Å². The normalized spacial score (nSPS) is 10.4. The first-order valence-electron chi connectivity index (χ1n) is 4.42. The Morgan fingerprint density at radius 3 is 2.79 bits per heavy atom. The van der Waals surface area contributed by atoms with Gasteiger partial charge in [-0.15, -0.1) is 0 Å². The van der Waals surface area contributed by atoms with E-state index >= 15 is 0 Å². The molecule has 5 heteroatoms. The topological polar surface area (TPSA) is 53.2 Å². The van der Waals surface area contributed by atoms with E-state index in [9.17, 15) is 9.59 Å². The van der Waals surface area contributed by atoms with Crippen LogP contribution in [-0.2, 0) is 18.3 Å². The second-order valence-electron chi connectivity index (χ2n) is 3.05. The van der Waals surface area contributed by atoms with Gasteiger partial charge in [0.05, 0.1) is 0 Å². The SMILES string of the molecule is COCCCn1c(=O)ccn(C)c1=O. The van der Waals surface area contributed by atoms with Gasteiger partial charge in [-0.05, 0) is 6.42 Å². The Balaban J connectivity index is 2.90. The first kappa shape index (κ1) is 10.7. The molecular formula is C9H14N2O3. The van der Waals surface area contributed by atoms with Gasteiger partial charge in [0.15, 0.2) is 0 Å². The monoisotopic (exact) mass is 198 g/mol. The summed E-state index contributed by atoms with van der Waals surface area (Å²) in [7, 11) is 3.21. The van der Waals surface area contributed by atoms with Crippen molar-refractivity contribution in [2.75, 3.05) is 13.7 Å². The maximum absolute atomic E-state index is 11.5. The predicted molar refractivity (Wildman–Crippen MR) is 52.4 cm³/mol. The minimum absolute atomic E-state index is 0.260. The molecule has 0 spiro atoms. The fraction of sp³-hybridized carbons (Fsp3) is 0.556. The maximum Gasteiger partial charge on any atom is 0.330 e. The average Bonchev–Trinajstić information content (AvgIpc) is 2.18. The molecule has 0 atom stereocenters. The first-order chi connectivity index (χ1) is 6.66. The number of ether oxygens (including phenoxy) is 1. The molecule has 0 unspecified atom stereocenters. The fourth-order valence-corrected chi connectivity index (χ4v) is 1.19. The van der Waals surface area contributed by atoms with Gasteiger partial charge in [-0.1, -0.05) is 0 Å². The number of aromatic nitrogens is 2. The molecule has 1 heterocycles. The summed E-state index contributed by atoms with van der Waals surface area (Å²) in [4.78, 5) is 22.8. The number of aryl methyl sites for hydroxylation is 1. The molecule has 0 saturated carbocycles. The second-order valence-corrected chi connectivity index (χ2v) is 3.05. The lowest BCUT2D eigenvalue weighted by atomic mass is 10.4. The van der Waals surface area contributed by atoms with Crippen LogP contribution in [0.25, 0.3) is 0 Å². The Bertz CT molecular complexity index is 405. The zero-order chi connectivity index (χ0) is 10.6. The summed E-state index contributed by atoms with van der Waals surface area (Å²) in [5, 5.41) is 0. The van der Waals surface area contributed by atoms with Crippen LogP contribution < -0.4 is 11.2 Å². The van der Waals surface area contributed by atoms with Gasteiger partial charge in [-0.2, -0.15) is 0 Å². The third kappa shape index (κ3) is 2.32. The molecule has 0 amide bonds. The summed E-state index contributed by atoms with van der Waals surface area (Å²) in [6.45, 7) is 0.949. The van der Waals surface area contributed by atoms with Crippen molar-refractivity contribution in [2.24, 2.45) is 7.05 Å². The van der Waals surface area contributed by atoms with E-state index in [2.05, 4.69) is 0 Å². The average molecular weight is 198 g/mol. The molecule has 0 bridgehead atoms. The Labute approximate surface area is 81.6 Å². The number of hydrogen-bond acceptors (Lipinski definition) is 3. The summed E-state index contributed by atoms with van der Waals surface area (Å²) < 4.78 is 7.44. The molecule has 0 radical (unpaired) electrons. The summed E-state index contributed by atoms with van der Waals surface area (Å²) in [6, 6.07) is 1.38. The number of rotatable bonds is 4. The lowest BCUT2D eigenvalue weighted by Crippen LogP contribution is -2.38. The summed E-state index contributed by atoms with van der Waals surface area (Å²) in [6.07, 6.45) is 2.13. The largest absolute Gasteiger partial charge is 0.385 e. The lowest BCUT2D eigenvalue weighted by Gasteiger charge is -2.05. The molecule has 0 aliphatic rings. The molecular weight excluding hydrogens is 184 g/mol. The van der Waals surface area contributed by atoms with Gasteiger partial charge in [-0.3, -0.25) is 9.36 Å². The van der Waals surface area contributed by atoms with Gasteiger partial charge in [0.1, 0.15) is 0 Å². The highest BCUT2D eigenvalue weighted by Crippen LogP contribution is 1.83. The van der Waals surface area contributed by atoms with Crippen molar-refractivity contribution in [3.05, 3.63) is 33.1 Å². The van der Waals surface area contributed by atoms with E-state index in [0.717, 1.165) is 0 Å². The molecule has 0 N–H and O–H groups in total. The Morgan fingerprint density at radius 1 is 1.43 bits per heavy atom. The van der Waals surface area contributed by atoms with Gasteiger partial charge in [0.25, 0.3) is 5.56 Å². The van der Waals surface area contributed by atoms with Crippen LogP contribution in [-0.4, -0.2) is 22.9 Å². The number of nitrogens with zero attached hydrogens (tertiary/aromatic N) is 2. The smallest absolute Gasteiger partial charge is 0.330 e. The van der Waals surface area contributed by atoms with Gasteiger partial charge in [0, 0.05) is 39.6 Å². The molecule has 14 heavy (non-hydrogen) atoms. The Morgan fingerprint density at radius 2 is 2.14 bits per heavy atom. The second kappa shape index (κ2) is 4.76. The molecule has 0 saturated heterocycles. The molecule has 0 aliphatic heterocycles. The predicted octanol–water partition coefficient (Wildman–Crippen LogP) is -0.417. The Kier molecular flexibility index (Phi) is 3.64. The van der Waals surface area contributed by atoms with Crippen LogP contribution in [0, 0.1) is 0 Å². The van der Waals surface area contributed by atoms with Crippen LogP contribution in [0.4, 0.5) is 0 Å². The van der Waals surface area contributed by atoms with Gasteiger partial charge in [0.2, 0.25) is 0 Å². The third-order valence-corrected chi connectivity index (χ3v) is 1.97. The van der Waals surface area contributed by atoms with Crippen LogP contribution in [0.3, 0.4) is 0 Å². The number of hydrogen-bond donors (Lipinski definition) is 0. The third-order valence-electron chi connectivity index (χ3n) is 1.97. The van der Waals surface area contributed by atoms with E-state index in [-0.39, 0.29) is 11.2 Å². The minimum atomic E-state index is -0.284. The van der Waals surface area contributed by atoms with Crippen molar-refractivity contribution in [1.82, 2.24) is 9.13 Å². The van der Waals surface area contributed by atoms with E-state index in [1.165, 1.54) is 21.4 Å². The Hall–Kier alpha value is -1.36. The molecule has 5 nitrogen and oxygen atoms in total. The van der Waals surface area contributed by atoms with Gasteiger partial charge < -0.3 is 9.30 Å². The van der Waals surface area contributed by atoms with Crippen LogP contribution in [0.15, 0.2) is 21.9 Å². The van der Waals surface area contributed by atoms with Crippen LogP contribution in [0.1, 0.15) is 6.42 Å². The van der Waals surface area contributed by atoms with Crippen LogP contribution in [0.2, 0.25) is 0 Å². The highest BCUT2D eigenvalue weighted by Gasteiger charge is 2.01. The van der Waals surface area contributed by atoms with Crippen molar-refractivity contribution in [3.63, 3.8) is 0 Å². The zero-order valence-electron chi connectivity index (χ0n) is 8.40. The van der Waals surface area contributed by atoms with Crippen molar-refractivity contribution >= 4 is 0 Å². The van der Waals surface area contributed by atoms with E-state index in [1.54, 1.807) is 14.2 Å².